The van der Waals surface area contributed by atoms with Crippen molar-refractivity contribution in [1.29, 1.82) is 5.41 Å². The molecule has 0 heterocycles. The summed E-state index contributed by atoms with van der Waals surface area (Å²) < 4.78 is 0. The van der Waals surface area contributed by atoms with Crippen LogP contribution in [0.15, 0.2) is 18.2 Å². The molecule has 0 spiro atoms. The Morgan fingerprint density at radius 2 is 2.15 bits per heavy atom. The van der Waals surface area contributed by atoms with Crippen LogP contribution >= 0.6 is 0 Å². The predicted molar refractivity (Wildman–Crippen MR) is 48.5 cm³/mol. The molecule has 6 heteroatoms. The van der Waals surface area contributed by atoms with Gasteiger partial charge in [-0.2, -0.15) is 0 Å². The summed E-state index contributed by atoms with van der Waals surface area (Å²) in [7, 11) is 0. The van der Waals surface area contributed by atoms with E-state index in [0.717, 1.165) is 0 Å². The van der Waals surface area contributed by atoms with Crippen LogP contribution in [0.5, 0.6) is 0 Å². The van der Waals surface area contributed by atoms with E-state index >= 15 is 0 Å². The third kappa shape index (κ3) is 1.73. The van der Waals surface area contributed by atoms with E-state index in [1.54, 1.807) is 0 Å². The Kier molecular flexibility index (Phi) is 2.14. The molecule has 0 aromatic heterocycles. The lowest BCUT2D eigenvalue weighted by molar-refractivity contribution is -0.384. The lowest BCUT2D eigenvalue weighted by Crippen LogP contribution is -2.13. The fourth-order valence-corrected chi connectivity index (χ4v) is 0.909. The molecule has 1 rings (SSSR count). The fraction of sp³-hybridized carbons (Fsp3) is 0. The van der Waals surface area contributed by atoms with E-state index in [9.17, 15) is 10.1 Å². The third-order valence-corrected chi connectivity index (χ3v) is 1.54. The highest BCUT2D eigenvalue weighted by molar-refractivity contribution is 6.00. The lowest BCUT2D eigenvalue weighted by atomic mass is 10.1. The van der Waals surface area contributed by atoms with Crippen LogP contribution in [0.1, 0.15) is 5.56 Å². The number of nitrogens with two attached hydrogens (primary N) is 2. The summed E-state index contributed by atoms with van der Waals surface area (Å²) in [5, 5.41) is 17.4. The van der Waals surface area contributed by atoms with Crippen LogP contribution in [0.4, 0.5) is 11.4 Å². The van der Waals surface area contributed by atoms with Crippen LogP contribution in [0.3, 0.4) is 0 Å². The van der Waals surface area contributed by atoms with Crippen molar-refractivity contribution in [2.24, 2.45) is 5.73 Å². The number of non-ortho nitro benzene ring substituents is 1. The van der Waals surface area contributed by atoms with Gasteiger partial charge in [0.05, 0.1) is 4.92 Å². The highest BCUT2D eigenvalue weighted by Crippen LogP contribution is 2.18. The first-order valence-electron chi connectivity index (χ1n) is 3.40. The zero-order valence-electron chi connectivity index (χ0n) is 6.65. The monoisotopic (exact) mass is 180 g/mol. The second-order valence-electron chi connectivity index (χ2n) is 2.44. The second-order valence-corrected chi connectivity index (χ2v) is 2.44. The van der Waals surface area contributed by atoms with Gasteiger partial charge in [-0.25, -0.2) is 0 Å². The van der Waals surface area contributed by atoms with Crippen LogP contribution in [0, 0.1) is 15.5 Å². The maximum Gasteiger partial charge on any atom is 0.271 e. The Hall–Kier alpha value is -2.11. The van der Waals surface area contributed by atoms with Gasteiger partial charge in [-0.1, -0.05) is 0 Å². The molecule has 1 aromatic carbocycles. The van der Waals surface area contributed by atoms with E-state index in [1.165, 1.54) is 18.2 Å². The Morgan fingerprint density at radius 3 is 2.54 bits per heavy atom. The highest BCUT2D eigenvalue weighted by Gasteiger charge is 2.09. The average Bonchev–Trinajstić information content (AvgIpc) is 2.03. The van der Waals surface area contributed by atoms with Crippen LogP contribution < -0.4 is 11.5 Å². The minimum atomic E-state index is -0.555. The van der Waals surface area contributed by atoms with Crippen molar-refractivity contribution >= 4 is 17.2 Å². The largest absolute Gasteiger partial charge is 0.398 e. The SMILES string of the molecule is N=C(N)c1ccc([N+](=O)[O-])cc1N. The van der Waals surface area contributed by atoms with Crippen molar-refractivity contribution in [3.05, 3.63) is 33.9 Å². The summed E-state index contributed by atoms with van der Waals surface area (Å²) in [5.41, 5.74) is 11.0. The smallest absolute Gasteiger partial charge is 0.271 e. The van der Waals surface area contributed by atoms with Crippen molar-refractivity contribution in [3.8, 4) is 0 Å². The van der Waals surface area contributed by atoms with Gasteiger partial charge in [0, 0.05) is 23.4 Å². The third-order valence-electron chi connectivity index (χ3n) is 1.54. The average molecular weight is 180 g/mol. The summed E-state index contributed by atoms with van der Waals surface area (Å²) in [6, 6.07) is 3.79. The number of anilines is 1. The number of benzene rings is 1. The summed E-state index contributed by atoms with van der Waals surface area (Å²) in [6.07, 6.45) is 0. The minimum Gasteiger partial charge on any atom is -0.398 e. The summed E-state index contributed by atoms with van der Waals surface area (Å²) in [6.45, 7) is 0. The molecule has 0 atom stereocenters. The lowest BCUT2D eigenvalue weighted by Gasteiger charge is -2.01. The van der Waals surface area contributed by atoms with Gasteiger partial charge in [0.25, 0.3) is 5.69 Å². The molecule has 0 saturated carbocycles. The number of nitrogens with one attached hydrogen (secondary N) is 1. The summed E-state index contributed by atoms with van der Waals surface area (Å²) >= 11 is 0. The number of nitrogens with zero attached hydrogens (tertiary/aromatic N) is 1. The van der Waals surface area contributed by atoms with Crippen molar-refractivity contribution in [2.75, 3.05) is 5.73 Å². The fourth-order valence-electron chi connectivity index (χ4n) is 0.909. The molecule has 0 amide bonds. The van der Waals surface area contributed by atoms with Gasteiger partial charge in [-0.3, -0.25) is 15.5 Å². The maximum absolute atomic E-state index is 10.3. The molecular formula is C7H8N4O2. The summed E-state index contributed by atoms with van der Waals surface area (Å²) in [4.78, 5) is 9.74. The van der Waals surface area contributed by atoms with E-state index in [0.29, 0.717) is 5.56 Å². The van der Waals surface area contributed by atoms with E-state index in [4.69, 9.17) is 16.9 Å². The van der Waals surface area contributed by atoms with Crippen molar-refractivity contribution in [2.45, 2.75) is 0 Å². The first kappa shape index (κ1) is 8.98. The van der Waals surface area contributed by atoms with Gasteiger partial charge in [0.15, 0.2) is 0 Å². The molecule has 0 saturated heterocycles. The molecule has 1 aromatic rings. The van der Waals surface area contributed by atoms with Gasteiger partial charge in [0.1, 0.15) is 5.84 Å². The number of nitro groups is 1. The molecule has 0 radical (unpaired) electrons. The molecule has 0 aliphatic rings. The molecule has 68 valence electrons. The molecule has 6 nitrogen and oxygen atoms in total. The standard InChI is InChI=1S/C7H8N4O2/c8-6-3-4(11(12)13)1-2-5(6)7(9)10/h1-3H,8H2,(H3,9,10). The number of nitro benzene ring substituents is 1. The van der Waals surface area contributed by atoms with E-state index in [2.05, 4.69) is 0 Å². The first-order chi connectivity index (χ1) is 6.02. The second kappa shape index (κ2) is 3.10. The number of rotatable bonds is 2. The molecule has 0 bridgehead atoms. The minimum absolute atomic E-state index is 0.109. The maximum atomic E-state index is 10.3. The van der Waals surface area contributed by atoms with Gasteiger partial charge >= 0.3 is 0 Å². The highest BCUT2D eigenvalue weighted by atomic mass is 16.6. The molecular weight excluding hydrogens is 172 g/mol. The van der Waals surface area contributed by atoms with Crippen molar-refractivity contribution < 1.29 is 4.92 Å². The van der Waals surface area contributed by atoms with Crippen LogP contribution in [0.25, 0.3) is 0 Å². The quantitative estimate of drug-likeness (QED) is 0.201. The Balaban J connectivity index is 3.20. The van der Waals surface area contributed by atoms with Crippen LogP contribution in [-0.4, -0.2) is 10.8 Å². The predicted octanol–water partition coefficient (Wildman–Crippen LogP) is 0.461. The normalized spacial score (nSPS) is 9.54. The Bertz CT molecular complexity index is 375. The molecule has 5 N–H and O–H groups in total. The number of hydrogen-bond acceptors (Lipinski definition) is 4. The van der Waals surface area contributed by atoms with Crippen LogP contribution in [0.2, 0.25) is 0 Å². The molecule has 0 fully saturated rings. The van der Waals surface area contributed by atoms with Crippen LogP contribution in [-0.2, 0) is 0 Å². The van der Waals surface area contributed by atoms with Gasteiger partial charge < -0.3 is 11.5 Å². The van der Waals surface area contributed by atoms with Crippen molar-refractivity contribution in [3.63, 3.8) is 0 Å². The molecule has 13 heavy (non-hydrogen) atoms. The van der Waals surface area contributed by atoms with Gasteiger partial charge in [-0.05, 0) is 6.07 Å². The Morgan fingerprint density at radius 1 is 1.54 bits per heavy atom. The first-order valence-corrected chi connectivity index (χ1v) is 3.40. The zero-order valence-corrected chi connectivity index (χ0v) is 6.65. The van der Waals surface area contributed by atoms with E-state index < -0.39 is 4.92 Å². The molecule has 0 unspecified atom stereocenters. The molecule has 0 aliphatic carbocycles. The van der Waals surface area contributed by atoms with E-state index in [-0.39, 0.29) is 17.2 Å². The number of hydrogen-bond donors (Lipinski definition) is 3. The van der Waals surface area contributed by atoms with Gasteiger partial charge in [-0.15, -0.1) is 0 Å². The Labute approximate surface area is 73.8 Å². The zero-order chi connectivity index (χ0) is 10.0. The molecule has 0 aliphatic heterocycles. The summed E-state index contributed by atoms with van der Waals surface area (Å²) in [5.74, 6) is -0.201. The number of nitrogen functional groups attached to an aromatic ring is 2. The number of amidine groups is 1. The van der Waals surface area contributed by atoms with Crippen molar-refractivity contribution in [1.82, 2.24) is 0 Å². The van der Waals surface area contributed by atoms with Gasteiger partial charge in [0.2, 0.25) is 0 Å². The topological polar surface area (TPSA) is 119 Å². The van der Waals surface area contributed by atoms with E-state index in [1.807, 2.05) is 0 Å².